The summed E-state index contributed by atoms with van der Waals surface area (Å²) in [5.74, 6) is 16.9. The minimum atomic E-state index is -0.0535. The van der Waals surface area contributed by atoms with E-state index in [2.05, 4.69) is 34.6 Å². The number of benzene rings is 5. The minimum Gasteiger partial charge on any atom is -0.426 e. The Hall–Kier alpha value is -5.80. The third-order valence-electron chi connectivity index (χ3n) is 32.0. The molecule has 10 fully saturated rings. The maximum atomic E-state index is 12.4. The summed E-state index contributed by atoms with van der Waals surface area (Å²) in [7, 11) is 0. The van der Waals surface area contributed by atoms with Gasteiger partial charge in [-0.1, -0.05) is 226 Å². The van der Waals surface area contributed by atoms with Crippen LogP contribution in [0.3, 0.4) is 0 Å². The fourth-order valence-electron chi connectivity index (χ4n) is 24.5. The second-order valence-corrected chi connectivity index (χ2v) is 42.7. The van der Waals surface area contributed by atoms with Crippen LogP contribution < -0.4 is 23.7 Å². The van der Waals surface area contributed by atoms with Crippen molar-refractivity contribution in [2.75, 3.05) is 0 Å². The van der Waals surface area contributed by atoms with Crippen molar-refractivity contribution < 1.29 is 71.2 Å². The van der Waals surface area contributed by atoms with Crippen molar-refractivity contribution in [3.8, 4) is 28.7 Å². The van der Waals surface area contributed by atoms with E-state index in [4.69, 9.17) is 86.8 Å². The number of hydrogen-bond acceptors (Lipinski definition) is 10. The molecule has 0 aliphatic heterocycles. The van der Waals surface area contributed by atoms with Gasteiger partial charge in [-0.05, 0) is 403 Å². The summed E-state index contributed by atoms with van der Waals surface area (Å²) in [6, 6.07) is 36.0. The van der Waals surface area contributed by atoms with E-state index < -0.39 is 0 Å². The first-order valence-corrected chi connectivity index (χ1v) is 52.7. The number of carbonyl (C=O) groups excluding carboxylic acids is 5. The van der Waals surface area contributed by atoms with E-state index in [0.29, 0.717) is 28.7 Å². The van der Waals surface area contributed by atoms with Crippen LogP contribution in [-0.4, -0.2) is 29.8 Å². The first kappa shape index (κ1) is 113. The predicted molar refractivity (Wildman–Crippen MR) is 531 cm³/mol. The van der Waals surface area contributed by atoms with Gasteiger partial charge in [-0.25, -0.2) is 0 Å². The Morgan fingerprint density at radius 3 is 0.408 bits per heavy atom. The lowest BCUT2D eigenvalue weighted by Gasteiger charge is -2.37. The largest absolute Gasteiger partial charge is 0.426 e. The summed E-state index contributed by atoms with van der Waals surface area (Å²) in [6.45, 7) is 11.5. The zero-order chi connectivity index (χ0) is 88.2. The van der Waals surface area contributed by atoms with Crippen molar-refractivity contribution in [3.05, 3.63) is 121 Å². The van der Waals surface area contributed by atoms with Crippen molar-refractivity contribution in [3.63, 3.8) is 0 Å². The van der Waals surface area contributed by atoms with E-state index in [1.165, 1.54) is 257 Å². The zero-order valence-corrected chi connectivity index (χ0v) is 83.2. The lowest BCUT2D eigenvalue weighted by atomic mass is 9.69. The molecule has 10 aliphatic rings. The molecule has 5 aromatic carbocycles. The second-order valence-electron chi connectivity index (χ2n) is 40.4. The number of halogens is 5. The highest BCUT2D eigenvalue weighted by Gasteiger charge is 2.40. The molecule has 10 nitrogen and oxygen atoms in total. The van der Waals surface area contributed by atoms with E-state index in [1.54, 1.807) is 60.7 Å². The molecule has 0 amide bonds. The predicted octanol–water partition coefficient (Wildman–Crippen LogP) is 33.6. The Labute approximate surface area is 807 Å². The molecule has 0 aromatic heterocycles. The molecule has 725 valence electrons. The summed E-state index contributed by atoms with van der Waals surface area (Å²) in [6.07, 6.45) is 64.2. The zero-order valence-electron chi connectivity index (χ0n) is 79.1. The molecule has 10 aliphatic carbocycles. The SMILES string of the molecule is CCC[C@H]1CC[C@H](C2CCC(C(=O)Oc3ccc([S])cc3)CC2)CC1.CCC[C@H]1CC[C@H](C2CCC(C(=O)Oc3ccc([S])cc3)CC2)CC1.CCC[C@H]1CC[C@H](C2CCC(C(=O)Oc3ccc([S])cc3)CC2)CC1.CCC[C@H]1CC[C@H](C2CCC(C(=O)Oc3ccc([S])cc3)CC2)CC1.CCC[C@H]1CC[C@H](C2CCC(C(=O)Oc3ccc([S])cc3)CC2)CC1.F.F.F.F.F. The van der Waals surface area contributed by atoms with E-state index in [9.17, 15) is 24.0 Å². The first-order chi connectivity index (χ1) is 60.8. The molecule has 0 N–H and O–H groups in total. The van der Waals surface area contributed by atoms with Crippen molar-refractivity contribution in [2.24, 2.45) is 118 Å². The monoisotopic (exact) mass is 1900 g/mol. The normalized spacial score (nSPS) is 28.8. The molecule has 0 bridgehead atoms. The number of esters is 5. The van der Waals surface area contributed by atoms with E-state index in [1.807, 2.05) is 60.7 Å². The Morgan fingerprint density at radius 1 is 0.192 bits per heavy atom. The number of hydrogen-bond donors (Lipinski definition) is 0. The van der Waals surface area contributed by atoms with Crippen molar-refractivity contribution >= 4 is 93.0 Å². The highest BCUT2D eigenvalue weighted by atomic mass is 32.1. The van der Waals surface area contributed by atoms with E-state index >= 15 is 0 Å². The van der Waals surface area contributed by atoms with Gasteiger partial charge in [0.15, 0.2) is 0 Å². The Balaban J connectivity index is 0.000000248. The van der Waals surface area contributed by atoms with Crippen molar-refractivity contribution in [1.82, 2.24) is 0 Å². The molecule has 0 atom stereocenters. The summed E-state index contributed by atoms with van der Waals surface area (Å²) in [5, 5.41) is 0. The minimum absolute atomic E-state index is 0. The van der Waals surface area contributed by atoms with Gasteiger partial charge in [0, 0.05) is 24.5 Å². The van der Waals surface area contributed by atoms with Crippen molar-refractivity contribution in [1.29, 1.82) is 0 Å². The lowest BCUT2D eigenvalue weighted by molar-refractivity contribution is -0.141. The van der Waals surface area contributed by atoms with Gasteiger partial charge in [-0.15, -0.1) is 0 Å². The van der Waals surface area contributed by atoms with Gasteiger partial charge in [-0.2, -0.15) is 0 Å². The first-order valence-electron chi connectivity index (χ1n) is 50.7. The fourth-order valence-corrected chi connectivity index (χ4v) is 25.1. The molecule has 5 aromatic rings. The van der Waals surface area contributed by atoms with Crippen LogP contribution in [0.25, 0.3) is 0 Å². The van der Waals surface area contributed by atoms with Crippen LogP contribution in [0.15, 0.2) is 146 Å². The molecule has 15 rings (SSSR count). The number of ether oxygens (including phenoxy) is 5. The molecular formula is C110H160F5O10S5. The van der Waals surface area contributed by atoms with Crippen LogP contribution in [0.5, 0.6) is 28.7 Å². The fraction of sp³-hybridized carbons (Fsp3) is 0.682. The Bertz CT molecular complexity index is 3310. The molecule has 130 heavy (non-hydrogen) atoms. The molecule has 0 unspecified atom stereocenters. The van der Waals surface area contributed by atoms with E-state index in [-0.39, 0.29) is 83.0 Å². The van der Waals surface area contributed by atoms with Gasteiger partial charge in [0.25, 0.3) is 0 Å². The molecule has 10 saturated carbocycles. The van der Waals surface area contributed by atoms with E-state index in [0.717, 1.165) is 177 Å². The maximum Gasteiger partial charge on any atom is 0.314 e. The van der Waals surface area contributed by atoms with Crippen LogP contribution in [0.4, 0.5) is 23.5 Å². The standard InChI is InChI=1S/5C22H31O2S.5FH/c5*1-2-3-16-4-6-17(7-5-16)18-8-10-19(11-9-18)22(23)24-20-12-14-21(25)15-13-20;;;;;/h5*12-19H,2-11H2,1H3;5*1H/t5*16-,17-,18?,19?;;;;;. The van der Waals surface area contributed by atoms with Gasteiger partial charge in [0.1, 0.15) is 28.7 Å². The number of carbonyl (C=O) groups is 5. The van der Waals surface area contributed by atoms with Crippen LogP contribution in [0.1, 0.15) is 356 Å². The van der Waals surface area contributed by atoms with Gasteiger partial charge < -0.3 is 23.7 Å². The quantitative estimate of drug-likeness (QED) is 0.0316. The van der Waals surface area contributed by atoms with Crippen LogP contribution in [0.2, 0.25) is 0 Å². The molecule has 0 saturated heterocycles. The third kappa shape index (κ3) is 37.4. The van der Waals surface area contributed by atoms with Crippen molar-refractivity contribution in [2.45, 2.75) is 380 Å². The average molecular weight is 1900 g/mol. The number of rotatable bonds is 25. The third-order valence-corrected chi connectivity index (χ3v) is 33.4. The molecular weight excluding hydrogens is 1740 g/mol. The second kappa shape index (κ2) is 60.6. The Kier molecular flexibility index (Phi) is 52.7. The average Bonchev–Trinajstić information content (AvgIpc) is 0.854. The maximum absolute atomic E-state index is 12.4. The summed E-state index contributed by atoms with van der Waals surface area (Å²) in [5.41, 5.74) is 0. The van der Waals surface area contributed by atoms with Crippen LogP contribution in [0, 0.1) is 118 Å². The highest BCUT2D eigenvalue weighted by molar-refractivity contribution is 7.81. The van der Waals surface area contributed by atoms with Gasteiger partial charge in [0.05, 0.1) is 29.6 Å². The molecule has 20 heteroatoms. The summed E-state index contributed by atoms with van der Waals surface area (Å²) < 4.78 is 27.7. The van der Waals surface area contributed by atoms with Gasteiger partial charge in [0.2, 0.25) is 0 Å². The molecule has 5 radical (unpaired) electrons. The molecule has 0 heterocycles. The lowest BCUT2D eigenvalue weighted by Crippen LogP contribution is -2.30. The summed E-state index contributed by atoms with van der Waals surface area (Å²) >= 11 is 25.3. The molecule has 0 spiro atoms. The summed E-state index contributed by atoms with van der Waals surface area (Å²) in [4.78, 5) is 65.9. The van der Waals surface area contributed by atoms with Gasteiger partial charge >= 0.3 is 29.8 Å². The van der Waals surface area contributed by atoms with Crippen LogP contribution in [-0.2, 0) is 24.0 Å². The highest BCUT2D eigenvalue weighted by Crippen LogP contribution is 2.49. The smallest absolute Gasteiger partial charge is 0.314 e. The Morgan fingerprint density at radius 2 is 0.300 bits per heavy atom. The topological polar surface area (TPSA) is 132 Å². The van der Waals surface area contributed by atoms with Crippen LogP contribution >= 0.6 is 63.1 Å². The van der Waals surface area contributed by atoms with Gasteiger partial charge in [-0.3, -0.25) is 47.5 Å².